The molecular formula is C14H16N2O2S. The lowest BCUT2D eigenvalue weighted by Gasteiger charge is -2.24. The number of sulfone groups is 1. The molecule has 1 aliphatic heterocycles. The Bertz CT molecular complexity index is 697. The van der Waals surface area contributed by atoms with Gasteiger partial charge in [-0.25, -0.2) is 8.42 Å². The van der Waals surface area contributed by atoms with Crippen LogP contribution in [0, 0.1) is 0 Å². The molecule has 1 saturated heterocycles. The molecule has 2 aromatic rings. The zero-order valence-corrected chi connectivity index (χ0v) is 11.4. The summed E-state index contributed by atoms with van der Waals surface area (Å²) in [6, 6.07) is 9.85. The maximum absolute atomic E-state index is 11.6. The van der Waals surface area contributed by atoms with Gasteiger partial charge >= 0.3 is 0 Å². The van der Waals surface area contributed by atoms with E-state index in [2.05, 4.69) is 10.3 Å². The number of anilines is 1. The lowest BCUT2D eigenvalue weighted by Crippen LogP contribution is -2.34. The number of fused-ring (bicyclic) bond motifs is 1. The third-order valence-corrected chi connectivity index (χ3v) is 5.26. The van der Waals surface area contributed by atoms with E-state index in [9.17, 15) is 8.42 Å². The molecule has 1 aromatic heterocycles. The molecule has 0 spiro atoms. The van der Waals surface area contributed by atoms with Crippen molar-refractivity contribution in [1.82, 2.24) is 4.98 Å². The predicted molar refractivity (Wildman–Crippen MR) is 77.0 cm³/mol. The first kappa shape index (κ1) is 12.4. The number of benzene rings is 1. The summed E-state index contributed by atoms with van der Waals surface area (Å²) in [7, 11) is -2.87. The Morgan fingerprint density at radius 3 is 3.00 bits per heavy atom. The summed E-state index contributed by atoms with van der Waals surface area (Å²) in [5.74, 6) is 0.560. The number of rotatable bonds is 2. The molecule has 1 atom stereocenters. The Morgan fingerprint density at radius 1 is 1.26 bits per heavy atom. The molecule has 0 saturated carbocycles. The zero-order chi connectivity index (χ0) is 13.3. The van der Waals surface area contributed by atoms with Gasteiger partial charge in [0.15, 0.2) is 9.84 Å². The minimum atomic E-state index is -2.87. The van der Waals surface area contributed by atoms with E-state index in [1.807, 2.05) is 30.3 Å². The summed E-state index contributed by atoms with van der Waals surface area (Å²) in [6.45, 7) is 0. The number of pyridine rings is 1. The van der Waals surface area contributed by atoms with Gasteiger partial charge in [0.25, 0.3) is 0 Å². The minimum Gasteiger partial charge on any atom is -0.381 e. The molecule has 0 aliphatic carbocycles. The zero-order valence-electron chi connectivity index (χ0n) is 10.5. The number of hydrogen-bond donors (Lipinski definition) is 1. The van der Waals surface area contributed by atoms with Crippen molar-refractivity contribution in [3.05, 3.63) is 36.5 Å². The molecule has 0 amide bonds. The van der Waals surface area contributed by atoms with Crippen molar-refractivity contribution in [2.24, 2.45) is 0 Å². The van der Waals surface area contributed by atoms with Gasteiger partial charge in [0.2, 0.25) is 0 Å². The summed E-state index contributed by atoms with van der Waals surface area (Å²) >= 11 is 0. The smallest absolute Gasteiger partial charge is 0.152 e. The summed E-state index contributed by atoms with van der Waals surface area (Å²) in [6.07, 6.45) is 3.42. The highest BCUT2D eigenvalue weighted by molar-refractivity contribution is 7.91. The molecule has 1 aromatic carbocycles. The van der Waals surface area contributed by atoms with Crippen LogP contribution in [0.3, 0.4) is 0 Å². The molecule has 1 N–H and O–H groups in total. The van der Waals surface area contributed by atoms with Gasteiger partial charge in [-0.1, -0.05) is 6.07 Å². The molecule has 100 valence electrons. The van der Waals surface area contributed by atoms with Crippen molar-refractivity contribution in [3.8, 4) is 0 Å². The highest BCUT2D eigenvalue weighted by atomic mass is 32.2. The lowest BCUT2D eigenvalue weighted by atomic mass is 10.1. The van der Waals surface area contributed by atoms with E-state index in [0.29, 0.717) is 5.75 Å². The number of hydrogen-bond acceptors (Lipinski definition) is 4. The normalized spacial score (nSPS) is 22.2. The fraction of sp³-hybridized carbons (Fsp3) is 0.357. The SMILES string of the molecule is O=S1(=O)CCCC(Nc2ccc3ncccc3c2)C1. The number of nitrogens with zero attached hydrogens (tertiary/aromatic N) is 1. The van der Waals surface area contributed by atoms with Crippen molar-refractivity contribution >= 4 is 26.4 Å². The Labute approximate surface area is 112 Å². The summed E-state index contributed by atoms with van der Waals surface area (Å²) < 4.78 is 23.2. The number of aromatic nitrogens is 1. The Hall–Kier alpha value is -1.62. The topological polar surface area (TPSA) is 59.1 Å². The van der Waals surface area contributed by atoms with Gasteiger partial charge in [-0.05, 0) is 37.1 Å². The molecule has 19 heavy (non-hydrogen) atoms. The maximum atomic E-state index is 11.6. The molecular weight excluding hydrogens is 260 g/mol. The van der Waals surface area contributed by atoms with Gasteiger partial charge in [-0.15, -0.1) is 0 Å². The van der Waals surface area contributed by atoms with Crippen molar-refractivity contribution < 1.29 is 8.42 Å². The largest absolute Gasteiger partial charge is 0.381 e. The molecule has 0 bridgehead atoms. The van der Waals surface area contributed by atoms with Gasteiger partial charge in [0.05, 0.1) is 17.0 Å². The van der Waals surface area contributed by atoms with Crippen LogP contribution < -0.4 is 5.32 Å². The highest BCUT2D eigenvalue weighted by Gasteiger charge is 2.24. The maximum Gasteiger partial charge on any atom is 0.152 e. The van der Waals surface area contributed by atoms with Crippen molar-refractivity contribution in [2.75, 3.05) is 16.8 Å². The summed E-state index contributed by atoms with van der Waals surface area (Å²) in [5, 5.41) is 4.38. The predicted octanol–water partition coefficient (Wildman–Crippen LogP) is 2.22. The molecule has 3 rings (SSSR count). The first-order valence-electron chi connectivity index (χ1n) is 6.44. The molecule has 5 heteroatoms. The van der Waals surface area contributed by atoms with Crippen LogP contribution in [0.5, 0.6) is 0 Å². The average Bonchev–Trinajstić information content (AvgIpc) is 2.37. The monoisotopic (exact) mass is 276 g/mol. The lowest BCUT2D eigenvalue weighted by molar-refractivity contribution is 0.562. The van der Waals surface area contributed by atoms with Gasteiger partial charge < -0.3 is 5.32 Å². The Morgan fingerprint density at radius 2 is 2.16 bits per heavy atom. The first-order chi connectivity index (χ1) is 9.12. The van der Waals surface area contributed by atoms with E-state index in [0.717, 1.165) is 29.4 Å². The Balaban J connectivity index is 1.81. The first-order valence-corrected chi connectivity index (χ1v) is 8.26. The van der Waals surface area contributed by atoms with Gasteiger partial charge in [-0.3, -0.25) is 4.98 Å². The van der Waals surface area contributed by atoms with Gasteiger partial charge in [0, 0.05) is 23.3 Å². The van der Waals surface area contributed by atoms with Crippen LogP contribution in [0.1, 0.15) is 12.8 Å². The minimum absolute atomic E-state index is 0.0212. The van der Waals surface area contributed by atoms with Crippen molar-refractivity contribution in [2.45, 2.75) is 18.9 Å². The van der Waals surface area contributed by atoms with Crippen LogP contribution in [0.15, 0.2) is 36.5 Å². The fourth-order valence-electron chi connectivity index (χ4n) is 2.54. The second-order valence-corrected chi connectivity index (χ2v) is 7.24. The van der Waals surface area contributed by atoms with Crippen molar-refractivity contribution in [3.63, 3.8) is 0 Å². The second kappa shape index (κ2) is 4.81. The molecule has 1 unspecified atom stereocenters. The van der Waals surface area contributed by atoms with Crippen LogP contribution in [-0.4, -0.2) is 30.9 Å². The summed E-state index contributed by atoms with van der Waals surface area (Å²) in [4.78, 5) is 4.27. The molecule has 1 fully saturated rings. The van der Waals surface area contributed by atoms with Gasteiger partial charge in [0.1, 0.15) is 0 Å². The van der Waals surface area contributed by atoms with Crippen LogP contribution >= 0.6 is 0 Å². The number of nitrogens with one attached hydrogen (secondary N) is 1. The molecule has 4 nitrogen and oxygen atoms in total. The summed E-state index contributed by atoms with van der Waals surface area (Å²) in [5.41, 5.74) is 1.91. The average molecular weight is 276 g/mol. The van der Waals surface area contributed by atoms with E-state index in [-0.39, 0.29) is 11.8 Å². The Kier molecular flexibility index (Phi) is 3.14. The van der Waals surface area contributed by atoms with E-state index in [1.54, 1.807) is 6.20 Å². The quantitative estimate of drug-likeness (QED) is 0.913. The standard InChI is InChI=1S/C14H16N2O2S/c17-19(18)8-2-4-13(10-19)16-12-5-6-14-11(9-12)3-1-7-15-14/h1,3,5-7,9,13,16H,2,4,8,10H2. The highest BCUT2D eigenvalue weighted by Crippen LogP contribution is 2.21. The van der Waals surface area contributed by atoms with Crippen LogP contribution in [-0.2, 0) is 9.84 Å². The van der Waals surface area contributed by atoms with E-state index >= 15 is 0 Å². The van der Waals surface area contributed by atoms with Crippen LogP contribution in [0.2, 0.25) is 0 Å². The van der Waals surface area contributed by atoms with E-state index in [1.165, 1.54) is 0 Å². The molecule has 2 heterocycles. The van der Waals surface area contributed by atoms with Crippen molar-refractivity contribution in [1.29, 1.82) is 0 Å². The fourth-order valence-corrected chi connectivity index (χ4v) is 4.17. The van der Waals surface area contributed by atoms with Crippen LogP contribution in [0.4, 0.5) is 5.69 Å². The molecule has 1 aliphatic rings. The van der Waals surface area contributed by atoms with Gasteiger partial charge in [-0.2, -0.15) is 0 Å². The molecule has 0 radical (unpaired) electrons. The third-order valence-electron chi connectivity index (χ3n) is 3.44. The van der Waals surface area contributed by atoms with E-state index < -0.39 is 9.84 Å². The third kappa shape index (κ3) is 2.87. The second-order valence-electron chi connectivity index (χ2n) is 5.01. The van der Waals surface area contributed by atoms with E-state index in [4.69, 9.17) is 0 Å². The van der Waals surface area contributed by atoms with Crippen LogP contribution in [0.25, 0.3) is 10.9 Å².